The number of hydrogen-bond acceptors (Lipinski definition) is 6. The van der Waals surface area contributed by atoms with Crippen molar-refractivity contribution in [2.24, 2.45) is 5.92 Å². The summed E-state index contributed by atoms with van der Waals surface area (Å²) < 4.78 is 7.05. The highest BCUT2D eigenvalue weighted by molar-refractivity contribution is 5.73. The maximum Gasteiger partial charge on any atom is 0.157 e. The molecular formula is C13H17N3O4. The van der Waals surface area contributed by atoms with Crippen molar-refractivity contribution in [3.63, 3.8) is 0 Å². The second kappa shape index (κ2) is 5.45. The van der Waals surface area contributed by atoms with Crippen LogP contribution in [0.3, 0.4) is 0 Å². The summed E-state index contributed by atoms with van der Waals surface area (Å²) in [5, 5.41) is 34.2. The fourth-order valence-corrected chi connectivity index (χ4v) is 2.53. The molecule has 7 nitrogen and oxygen atoms in total. The lowest BCUT2D eigenvalue weighted by atomic mass is 9.92. The first-order valence-corrected chi connectivity index (χ1v) is 6.56. The van der Waals surface area contributed by atoms with E-state index in [0.29, 0.717) is 6.54 Å². The van der Waals surface area contributed by atoms with Crippen LogP contribution < -0.4 is 0 Å². The molecule has 108 valence electrons. The van der Waals surface area contributed by atoms with Crippen LogP contribution in [0.2, 0.25) is 0 Å². The van der Waals surface area contributed by atoms with Crippen molar-refractivity contribution in [3.05, 3.63) is 24.5 Å². The van der Waals surface area contributed by atoms with E-state index in [1.54, 1.807) is 17.1 Å². The summed E-state index contributed by atoms with van der Waals surface area (Å²) in [6.45, 7) is 0.353. The summed E-state index contributed by atoms with van der Waals surface area (Å²) >= 11 is 0. The van der Waals surface area contributed by atoms with Gasteiger partial charge in [-0.15, -0.1) is 0 Å². The number of pyridine rings is 1. The molecule has 4 atom stereocenters. The molecule has 1 fully saturated rings. The number of aliphatic hydroxyl groups excluding tert-OH is 3. The summed E-state index contributed by atoms with van der Waals surface area (Å²) in [7, 11) is 0. The fraction of sp³-hybridized carbons (Fsp3) is 0.538. The molecule has 0 aliphatic carbocycles. The molecule has 0 radical (unpaired) electrons. The molecule has 1 aliphatic heterocycles. The van der Waals surface area contributed by atoms with Crippen LogP contribution in [0.5, 0.6) is 0 Å². The Hall–Kier alpha value is -1.54. The minimum Gasteiger partial charge on any atom is -0.394 e. The van der Waals surface area contributed by atoms with E-state index >= 15 is 0 Å². The molecule has 3 heterocycles. The maximum absolute atomic E-state index is 10.1. The van der Waals surface area contributed by atoms with Crippen molar-refractivity contribution < 1.29 is 20.1 Å². The zero-order chi connectivity index (χ0) is 14.1. The molecule has 1 saturated heterocycles. The smallest absolute Gasteiger partial charge is 0.157 e. The Bertz CT molecular complexity index is 588. The molecular weight excluding hydrogens is 262 g/mol. The van der Waals surface area contributed by atoms with Gasteiger partial charge in [0.1, 0.15) is 12.2 Å². The first-order chi connectivity index (χ1) is 9.70. The van der Waals surface area contributed by atoms with Gasteiger partial charge in [-0.25, -0.2) is 9.67 Å². The van der Waals surface area contributed by atoms with Gasteiger partial charge in [0, 0.05) is 17.5 Å². The van der Waals surface area contributed by atoms with E-state index in [4.69, 9.17) is 9.84 Å². The average molecular weight is 279 g/mol. The molecule has 2 aromatic rings. The van der Waals surface area contributed by atoms with Gasteiger partial charge in [-0.1, -0.05) is 0 Å². The molecule has 3 N–H and O–H groups in total. The molecule has 2 aromatic heterocycles. The van der Waals surface area contributed by atoms with E-state index in [-0.39, 0.29) is 19.1 Å². The Morgan fingerprint density at radius 3 is 3.00 bits per heavy atom. The molecule has 4 unspecified atom stereocenters. The zero-order valence-electron chi connectivity index (χ0n) is 10.8. The van der Waals surface area contributed by atoms with Crippen LogP contribution in [0.15, 0.2) is 24.5 Å². The van der Waals surface area contributed by atoms with Crippen LogP contribution in [0, 0.1) is 5.92 Å². The van der Waals surface area contributed by atoms with Crippen molar-refractivity contribution in [1.82, 2.24) is 14.8 Å². The minimum atomic E-state index is -1.09. The van der Waals surface area contributed by atoms with Crippen molar-refractivity contribution in [2.75, 3.05) is 13.2 Å². The van der Waals surface area contributed by atoms with Crippen molar-refractivity contribution in [2.45, 2.75) is 24.9 Å². The monoisotopic (exact) mass is 279 g/mol. The van der Waals surface area contributed by atoms with Gasteiger partial charge in [0.15, 0.2) is 5.65 Å². The van der Waals surface area contributed by atoms with Gasteiger partial charge in [0.05, 0.1) is 32.1 Å². The van der Waals surface area contributed by atoms with Gasteiger partial charge < -0.3 is 20.1 Å². The zero-order valence-corrected chi connectivity index (χ0v) is 10.8. The number of ether oxygens (including phenoxy) is 1. The lowest BCUT2D eigenvalue weighted by molar-refractivity contribution is -0.177. The molecule has 0 bridgehead atoms. The highest BCUT2D eigenvalue weighted by Crippen LogP contribution is 2.23. The Morgan fingerprint density at radius 2 is 2.20 bits per heavy atom. The number of nitrogens with zero attached hydrogens (tertiary/aromatic N) is 3. The molecule has 0 spiro atoms. The Labute approximate surface area is 115 Å². The Kier molecular flexibility index (Phi) is 3.66. The number of aromatic nitrogens is 3. The van der Waals surface area contributed by atoms with Crippen molar-refractivity contribution >= 4 is 11.0 Å². The van der Waals surface area contributed by atoms with Gasteiger partial charge in [-0.3, -0.25) is 0 Å². The summed E-state index contributed by atoms with van der Waals surface area (Å²) in [4.78, 5) is 4.26. The van der Waals surface area contributed by atoms with Crippen LogP contribution in [-0.4, -0.2) is 61.6 Å². The summed E-state index contributed by atoms with van der Waals surface area (Å²) in [5.74, 6) is -0.294. The van der Waals surface area contributed by atoms with Gasteiger partial charge >= 0.3 is 0 Å². The first-order valence-electron chi connectivity index (χ1n) is 6.56. The van der Waals surface area contributed by atoms with Crippen molar-refractivity contribution in [3.8, 4) is 0 Å². The number of hydrogen-bond donors (Lipinski definition) is 3. The second-order valence-corrected chi connectivity index (χ2v) is 5.04. The quantitative estimate of drug-likeness (QED) is 0.677. The van der Waals surface area contributed by atoms with Crippen LogP contribution in [0.25, 0.3) is 11.0 Å². The Morgan fingerprint density at radius 1 is 1.35 bits per heavy atom. The minimum absolute atomic E-state index is 0.262. The number of aliphatic hydroxyl groups is 3. The van der Waals surface area contributed by atoms with E-state index in [1.165, 1.54) is 0 Å². The van der Waals surface area contributed by atoms with E-state index in [9.17, 15) is 10.2 Å². The summed E-state index contributed by atoms with van der Waals surface area (Å²) in [5.41, 5.74) is 0.735. The largest absolute Gasteiger partial charge is 0.394 e. The fourth-order valence-electron chi connectivity index (χ4n) is 2.53. The van der Waals surface area contributed by atoms with Gasteiger partial charge in [-0.05, 0) is 12.1 Å². The molecule has 3 rings (SSSR count). The lowest BCUT2D eigenvalue weighted by Gasteiger charge is -2.36. The van der Waals surface area contributed by atoms with Crippen LogP contribution >= 0.6 is 0 Å². The third kappa shape index (κ3) is 2.29. The first kappa shape index (κ1) is 13.4. The predicted octanol–water partition coefficient (Wildman–Crippen LogP) is -0.840. The highest BCUT2D eigenvalue weighted by atomic mass is 16.5. The van der Waals surface area contributed by atoms with E-state index in [1.807, 2.05) is 12.1 Å². The van der Waals surface area contributed by atoms with Crippen molar-refractivity contribution in [1.29, 1.82) is 0 Å². The topological polar surface area (TPSA) is 101 Å². The number of rotatable bonds is 3. The summed E-state index contributed by atoms with van der Waals surface area (Å²) in [6, 6.07) is 3.75. The normalized spacial score (nSPS) is 30.8. The second-order valence-electron chi connectivity index (χ2n) is 5.04. The molecule has 0 saturated carbocycles. The van der Waals surface area contributed by atoms with Crippen LogP contribution in [0.4, 0.5) is 0 Å². The number of fused-ring (bicyclic) bond motifs is 1. The molecule has 7 heteroatoms. The third-order valence-corrected chi connectivity index (χ3v) is 3.72. The van der Waals surface area contributed by atoms with Gasteiger partial charge in [0.25, 0.3) is 0 Å². The third-order valence-electron chi connectivity index (χ3n) is 3.72. The standard InChI is InChI=1S/C13H17N3O4/c17-6-10-12(19)11(18)9(7-20-10)5-16-13-8(4-15-16)2-1-3-14-13/h1-4,9-12,17-19H,5-7H2. The van der Waals surface area contributed by atoms with E-state index in [0.717, 1.165) is 11.0 Å². The maximum atomic E-state index is 10.1. The SMILES string of the molecule is OCC1OCC(Cn2ncc3cccnc32)C(O)C1O. The van der Waals surface area contributed by atoms with Gasteiger partial charge in [-0.2, -0.15) is 5.10 Å². The van der Waals surface area contributed by atoms with Crippen LogP contribution in [-0.2, 0) is 11.3 Å². The van der Waals surface area contributed by atoms with E-state index in [2.05, 4.69) is 10.1 Å². The molecule has 20 heavy (non-hydrogen) atoms. The molecule has 0 aromatic carbocycles. The molecule has 0 amide bonds. The average Bonchev–Trinajstić information content (AvgIpc) is 2.88. The van der Waals surface area contributed by atoms with Gasteiger partial charge in [0.2, 0.25) is 0 Å². The van der Waals surface area contributed by atoms with Crippen LogP contribution in [0.1, 0.15) is 0 Å². The highest BCUT2D eigenvalue weighted by Gasteiger charge is 2.38. The lowest BCUT2D eigenvalue weighted by Crippen LogP contribution is -2.52. The van der Waals surface area contributed by atoms with E-state index < -0.39 is 18.3 Å². The Balaban J connectivity index is 1.78. The predicted molar refractivity (Wildman–Crippen MR) is 69.9 cm³/mol. The molecule has 1 aliphatic rings. The summed E-state index contributed by atoms with van der Waals surface area (Å²) in [6.07, 6.45) is 0.627.